The Kier molecular flexibility index (Phi) is 4.36. The Balaban J connectivity index is 2.05. The van der Waals surface area contributed by atoms with Gasteiger partial charge in [0.2, 0.25) is 0 Å². The topological polar surface area (TPSA) is 83.5 Å². The quantitative estimate of drug-likeness (QED) is 0.847. The SMILES string of the molecule is O=C(O)CS[C@H]1CS(=O)(=O)C[C@@H]1Nc1ccccc1. The van der Waals surface area contributed by atoms with Crippen molar-refractivity contribution in [2.75, 3.05) is 22.6 Å². The highest BCUT2D eigenvalue weighted by molar-refractivity contribution is 8.02. The first-order chi connectivity index (χ1) is 8.96. The van der Waals surface area contributed by atoms with Gasteiger partial charge in [0.05, 0.1) is 23.3 Å². The average molecular weight is 301 g/mol. The van der Waals surface area contributed by atoms with Gasteiger partial charge in [-0.15, -0.1) is 11.8 Å². The minimum Gasteiger partial charge on any atom is -0.481 e. The minimum absolute atomic E-state index is 0.0371. The lowest BCUT2D eigenvalue weighted by atomic mass is 10.2. The molecular weight excluding hydrogens is 286 g/mol. The summed E-state index contributed by atoms with van der Waals surface area (Å²) in [5.74, 6) is -0.908. The van der Waals surface area contributed by atoms with E-state index in [1.807, 2.05) is 30.3 Å². The van der Waals surface area contributed by atoms with Crippen LogP contribution in [0.15, 0.2) is 30.3 Å². The van der Waals surface area contributed by atoms with Gasteiger partial charge >= 0.3 is 5.97 Å². The van der Waals surface area contributed by atoms with Crippen LogP contribution in [-0.4, -0.2) is 48.0 Å². The van der Waals surface area contributed by atoms with Crippen molar-refractivity contribution < 1.29 is 18.3 Å². The largest absolute Gasteiger partial charge is 0.481 e. The molecule has 0 bridgehead atoms. The molecule has 0 aromatic heterocycles. The maximum absolute atomic E-state index is 11.7. The zero-order chi connectivity index (χ0) is 13.9. The van der Waals surface area contributed by atoms with E-state index in [9.17, 15) is 13.2 Å². The maximum Gasteiger partial charge on any atom is 0.313 e. The molecule has 1 aliphatic rings. The van der Waals surface area contributed by atoms with E-state index in [2.05, 4.69) is 5.32 Å². The number of hydrogen-bond acceptors (Lipinski definition) is 5. The predicted molar refractivity (Wildman–Crippen MR) is 76.4 cm³/mol. The number of hydrogen-bond donors (Lipinski definition) is 2. The molecule has 0 radical (unpaired) electrons. The molecule has 1 aliphatic heterocycles. The highest BCUT2D eigenvalue weighted by Gasteiger charge is 2.38. The van der Waals surface area contributed by atoms with Gasteiger partial charge in [-0.1, -0.05) is 18.2 Å². The fraction of sp³-hybridized carbons (Fsp3) is 0.417. The molecule has 0 aliphatic carbocycles. The van der Waals surface area contributed by atoms with Gasteiger partial charge in [-0.25, -0.2) is 8.42 Å². The van der Waals surface area contributed by atoms with Crippen molar-refractivity contribution in [2.45, 2.75) is 11.3 Å². The summed E-state index contributed by atoms with van der Waals surface area (Å²) in [4.78, 5) is 10.6. The number of aliphatic carboxylic acids is 1. The summed E-state index contributed by atoms with van der Waals surface area (Å²) < 4.78 is 23.4. The molecule has 19 heavy (non-hydrogen) atoms. The molecule has 1 fully saturated rings. The monoisotopic (exact) mass is 301 g/mol. The number of rotatable bonds is 5. The van der Waals surface area contributed by atoms with E-state index >= 15 is 0 Å². The van der Waals surface area contributed by atoms with Crippen molar-refractivity contribution in [3.63, 3.8) is 0 Å². The van der Waals surface area contributed by atoms with Crippen LogP contribution in [0.1, 0.15) is 0 Å². The van der Waals surface area contributed by atoms with Gasteiger partial charge < -0.3 is 10.4 Å². The number of anilines is 1. The average Bonchev–Trinajstić information content (AvgIpc) is 2.62. The van der Waals surface area contributed by atoms with E-state index in [-0.39, 0.29) is 28.6 Å². The molecule has 1 heterocycles. The predicted octanol–water partition coefficient (Wildman–Crippen LogP) is 1.08. The lowest BCUT2D eigenvalue weighted by molar-refractivity contribution is -0.133. The van der Waals surface area contributed by atoms with Crippen LogP contribution >= 0.6 is 11.8 Å². The summed E-state index contributed by atoms with van der Waals surface area (Å²) in [6.07, 6.45) is 0. The maximum atomic E-state index is 11.7. The molecule has 104 valence electrons. The molecule has 1 aromatic carbocycles. The molecule has 0 saturated carbocycles. The van der Waals surface area contributed by atoms with Gasteiger partial charge in [-0.3, -0.25) is 4.79 Å². The number of carboxylic acid groups (broad SMARTS) is 1. The normalized spacial score (nSPS) is 25.1. The number of sulfone groups is 1. The van der Waals surface area contributed by atoms with Gasteiger partial charge in [0.1, 0.15) is 0 Å². The van der Waals surface area contributed by atoms with Crippen molar-refractivity contribution in [1.82, 2.24) is 0 Å². The molecule has 1 aromatic rings. The van der Waals surface area contributed by atoms with Crippen LogP contribution in [0.25, 0.3) is 0 Å². The Labute approximate surface area is 116 Å². The summed E-state index contributed by atoms with van der Waals surface area (Å²) in [7, 11) is -3.09. The smallest absolute Gasteiger partial charge is 0.313 e. The van der Waals surface area contributed by atoms with Crippen molar-refractivity contribution >= 4 is 33.3 Å². The van der Waals surface area contributed by atoms with Crippen LogP contribution < -0.4 is 5.32 Å². The van der Waals surface area contributed by atoms with Gasteiger partial charge in [0.25, 0.3) is 0 Å². The van der Waals surface area contributed by atoms with E-state index in [1.54, 1.807) is 0 Å². The first-order valence-corrected chi connectivity index (χ1v) is 8.69. The molecule has 0 amide bonds. The summed E-state index contributed by atoms with van der Waals surface area (Å²) in [6, 6.07) is 9.11. The van der Waals surface area contributed by atoms with Gasteiger partial charge in [-0.05, 0) is 12.1 Å². The Bertz CT molecular complexity index is 544. The van der Waals surface area contributed by atoms with E-state index < -0.39 is 15.8 Å². The second-order valence-electron chi connectivity index (χ2n) is 4.44. The van der Waals surface area contributed by atoms with Crippen LogP contribution in [0, 0.1) is 0 Å². The number of carboxylic acids is 1. The number of thioether (sulfide) groups is 1. The minimum atomic E-state index is -3.09. The van der Waals surface area contributed by atoms with Gasteiger partial charge in [-0.2, -0.15) is 0 Å². The van der Waals surface area contributed by atoms with Crippen molar-refractivity contribution in [1.29, 1.82) is 0 Å². The Morgan fingerprint density at radius 1 is 1.32 bits per heavy atom. The van der Waals surface area contributed by atoms with Crippen molar-refractivity contribution in [2.24, 2.45) is 0 Å². The molecule has 0 spiro atoms. The third-order valence-corrected chi connectivity index (χ3v) is 6.13. The molecule has 2 rings (SSSR count). The van der Waals surface area contributed by atoms with E-state index in [0.29, 0.717) is 0 Å². The standard InChI is InChI=1S/C12H15NO4S2/c14-12(15)6-18-11-8-19(16,17)7-10(11)13-9-4-2-1-3-5-9/h1-5,10-11,13H,6-8H2,(H,14,15)/t10-,11-/m0/s1. The number of carbonyl (C=O) groups is 1. The van der Waals surface area contributed by atoms with Crippen molar-refractivity contribution in [3.8, 4) is 0 Å². The number of para-hydroxylation sites is 1. The third-order valence-electron chi connectivity index (χ3n) is 2.85. The van der Waals surface area contributed by atoms with Crippen LogP contribution in [0.2, 0.25) is 0 Å². The lowest BCUT2D eigenvalue weighted by Crippen LogP contribution is -2.30. The zero-order valence-corrected chi connectivity index (χ0v) is 11.8. The third kappa shape index (κ3) is 4.14. The van der Waals surface area contributed by atoms with Crippen LogP contribution in [0.5, 0.6) is 0 Å². The molecule has 1 saturated heterocycles. The lowest BCUT2D eigenvalue weighted by Gasteiger charge is -2.19. The fourth-order valence-electron chi connectivity index (χ4n) is 2.04. The van der Waals surface area contributed by atoms with E-state index in [1.165, 1.54) is 11.8 Å². The molecule has 7 heteroatoms. The first kappa shape index (κ1) is 14.2. The molecule has 0 unspecified atom stereocenters. The molecular formula is C12H15NO4S2. The Hall–Kier alpha value is -1.21. The highest BCUT2D eigenvalue weighted by atomic mass is 32.2. The zero-order valence-electron chi connectivity index (χ0n) is 10.2. The van der Waals surface area contributed by atoms with Crippen LogP contribution in [-0.2, 0) is 14.6 Å². The van der Waals surface area contributed by atoms with Crippen LogP contribution in [0.3, 0.4) is 0 Å². The molecule has 5 nitrogen and oxygen atoms in total. The van der Waals surface area contributed by atoms with E-state index in [4.69, 9.17) is 5.11 Å². The second kappa shape index (κ2) is 5.83. The van der Waals surface area contributed by atoms with Gasteiger partial charge in [0, 0.05) is 10.9 Å². The number of benzene rings is 1. The summed E-state index contributed by atoms with van der Waals surface area (Å²) in [6.45, 7) is 0. The second-order valence-corrected chi connectivity index (χ2v) is 7.82. The highest BCUT2D eigenvalue weighted by Crippen LogP contribution is 2.27. The van der Waals surface area contributed by atoms with Crippen LogP contribution in [0.4, 0.5) is 5.69 Å². The Morgan fingerprint density at radius 3 is 2.63 bits per heavy atom. The van der Waals surface area contributed by atoms with Crippen molar-refractivity contribution in [3.05, 3.63) is 30.3 Å². The summed E-state index contributed by atoms with van der Waals surface area (Å²) in [5.41, 5.74) is 0.852. The number of nitrogens with one attached hydrogen (secondary N) is 1. The molecule has 2 N–H and O–H groups in total. The summed E-state index contributed by atoms with van der Waals surface area (Å²) in [5, 5.41) is 11.6. The molecule has 2 atom stereocenters. The van der Waals surface area contributed by atoms with E-state index in [0.717, 1.165) is 5.69 Å². The Morgan fingerprint density at radius 2 is 2.00 bits per heavy atom. The first-order valence-electron chi connectivity index (χ1n) is 5.82. The fourth-order valence-corrected chi connectivity index (χ4v) is 5.65. The van der Waals surface area contributed by atoms with Gasteiger partial charge in [0.15, 0.2) is 9.84 Å². The summed E-state index contributed by atoms with van der Waals surface area (Å²) >= 11 is 1.18.